The van der Waals surface area contributed by atoms with Crippen molar-refractivity contribution in [3.63, 3.8) is 0 Å². The summed E-state index contributed by atoms with van der Waals surface area (Å²) in [6.07, 6.45) is 3.94. The van der Waals surface area contributed by atoms with Gasteiger partial charge in [-0.1, -0.05) is 96.4 Å². The summed E-state index contributed by atoms with van der Waals surface area (Å²) >= 11 is 3.70. The molecule has 6 rings (SSSR count). The van der Waals surface area contributed by atoms with Crippen LogP contribution in [0.3, 0.4) is 0 Å². The number of rotatable bonds is 3. The number of pyridine rings is 2. The van der Waals surface area contributed by atoms with E-state index in [0.717, 1.165) is 24.4 Å². The predicted octanol–water partition coefficient (Wildman–Crippen LogP) is 6.47. The first-order chi connectivity index (χ1) is 17.3. The molecule has 4 heteroatoms. The van der Waals surface area contributed by atoms with Crippen LogP contribution in [0.2, 0.25) is 0 Å². The van der Waals surface area contributed by atoms with E-state index in [1.165, 1.54) is 44.5 Å². The van der Waals surface area contributed by atoms with E-state index in [1.54, 1.807) is 0 Å². The van der Waals surface area contributed by atoms with Gasteiger partial charge in [0.1, 0.15) is 17.6 Å². The van der Waals surface area contributed by atoms with Crippen molar-refractivity contribution >= 4 is 12.6 Å². The van der Waals surface area contributed by atoms with Crippen LogP contribution < -0.4 is 4.57 Å². The van der Waals surface area contributed by atoms with Gasteiger partial charge in [-0.05, 0) is 46.6 Å². The van der Waals surface area contributed by atoms with Crippen LogP contribution in [0, 0.1) is 10.7 Å². The lowest BCUT2D eigenvalue weighted by Crippen LogP contribution is -2.39. The Morgan fingerprint density at radius 3 is 2.03 bits per heavy atom. The second kappa shape index (κ2) is 10.3. The molecule has 2 aromatic heterocycles. The number of hydrogen-bond acceptors (Lipinski definition) is 3. The number of fused-ring (bicyclic) bond motifs is 3. The lowest BCUT2D eigenvalue weighted by Gasteiger charge is -2.25. The van der Waals surface area contributed by atoms with Crippen molar-refractivity contribution < 1.29 is 4.57 Å². The largest absolute Gasteiger partial charge is 0.696 e. The van der Waals surface area contributed by atoms with Crippen molar-refractivity contribution in [3.8, 4) is 44.9 Å². The number of nitrogens with zero attached hydrogens (tertiary/aromatic N) is 3. The molecule has 0 amide bonds. The van der Waals surface area contributed by atoms with E-state index < -0.39 is 0 Å². The third kappa shape index (κ3) is 4.42. The first kappa shape index (κ1) is 22.5. The number of nitriles is 1. The minimum atomic E-state index is 0.943. The van der Waals surface area contributed by atoms with E-state index in [-0.39, 0.29) is 0 Å². The van der Waals surface area contributed by atoms with Gasteiger partial charge < -0.3 is 12.6 Å². The Morgan fingerprint density at radius 1 is 0.714 bits per heavy atom. The van der Waals surface area contributed by atoms with Crippen molar-refractivity contribution in [2.45, 2.75) is 12.8 Å². The Kier molecular flexibility index (Phi) is 6.61. The van der Waals surface area contributed by atoms with Crippen molar-refractivity contribution in [2.24, 2.45) is 0 Å². The van der Waals surface area contributed by atoms with Crippen LogP contribution in [0.1, 0.15) is 11.1 Å². The topological polar surface area (TPSA) is 40.6 Å². The molecule has 2 heterocycles. The molecule has 0 saturated heterocycles. The first-order valence-electron chi connectivity index (χ1n) is 11.6. The number of aryl methyl sites for hydroxylation is 1. The maximum atomic E-state index is 7.13. The number of thiocyanates is 1. The monoisotopic (exact) mass is 469 g/mol. The molecule has 0 saturated carbocycles. The van der Waals surface area contributed by atoms with Crippen LogP contribution >= 0.6 is 0 Å². The Balaban J connectivity index is 0.000000806. The predicted molar refractivity (Wildman–Crippen MR) is 142 cm³/mol. The Labute approximate surface area is 211 Å². The highest BCUT2D eigenvalue weighted by molar-refractivity contribution is 7.64. The molecule has 168 valence electrons. The maximum Gasteiger partial charge on any atom is 0.328 e. The molecule has 0 fully saturated rings. The highest BCUT2D eigenvalue weighted by Crippen LogP contribution is 2.39. The summed E-state index contributed by atoms with van der Waals surface area (Å²) in [6, 6.07) is 38.7. The number of aromatic nitrogens is 2. The molecule has 3 nitrogen and oxygen atoms in total. The SMILES string of the molecule is N#C[S-].c1ccc(-c2cc(-c3ccccc3)[n+](-c3ccccn3)c3c2CCc2ccccc2-3)cc1. The van der Waals surface area contributed by atoms with Gasteiger partial charge in [-0.3, -0.25) is 0 Å². The van der Waals surface area contributed by atoms with Crippen LogP contribution in [0.4, 0.5) is 0 Å². The van der Waals surface area contributed by atoms with E-state index in [1.807, 2.05) is 12.3 Å². The van der Waals surface area contributed by atoms with Gasteiger partial charge in [0.15, 0.2) is 0 Å². The molecule has 0 radical (unpaired) electrons. The summed E-state index contributed by atoms with van der Waals surface area (Å²) < 4.78 is 2.36. The lowest BCUT2D eigenvalue weighted by molar-refractivity contribution is -0.576. The molecule has 3 aromatic carbocycles. The minimum absolute atomic E-state index is 0.943. The fourth-order valence-corrected chi connectivity index (χ4v) is 4.86. The summed E-state index contributed by atoms with van der Waals surface area (Å²) in [6.45, 7) is 0. The van der Waals surface area contributed by atoms with Gasteiger partial charge in [-0.15, -0.1) is 0 Å². The summed E-state index contributed by atoms with van der Waals surface area (Å²) in [5.41, 5.74) is 10.2. The summed E-state index contributed by atoms with van der Waals surface area (Å²) in [5.74, 6) is 0.943. The van der Waals surface area contributed by atoms with E-state index >= 15 is 0 Å². The Hall–Kier alpha value is -4.33. The summed E-state index contributed by atoms with van der Waals surface area (Å²) in [4.78, 5) is 4.78. The zero-order valence-electron chi connectivity index (χ0n) is 19.1. The standard InChI is InChI=1S/C30H23N2.CHNS/c1-3-11-22(12-4-1)27-21-28(24-14-5-2-6-15-24)32(29-17-9-10-20-31-29)30-25-16-8-7-13-23(25)18-19-26(27)30;2-1-3/h1-17,20-21H,18-19H2;3H/q+1;/p-1. The highest BCUT2D eigenvalue weighted by Gasteiger charge is 2.30. The quantitative estimate of drug-likeness (QED) is 0.173. The molecule has 0 unspecified atom stereocenters. The lowest BCUT2D eigenvalue weighted by atomic mass is 9.83. The summed E-state index contributed by atoms with van der Waals surface area (Å²) in [5, 5.41) is 8.47. The zero-order valence-corrected chi connectivity index (χ0v) is 20.0. The third-order valence-corrected chi connectivity index (χ3v) is 6.31. The molecule has 0 N–H and O–H groups in total. The molecule has 1 aliphatic rings. The van der Waals surface area contributed by atoms with Crippen LogP contribution in [0.25, 0.3) is 39.5 Å². The van der Waals surface area contributed by atoms with Crippen molar-refractivity contribution in [2.75, 3.05) is 0 Å². The van der Waals surface area contributed by atoms with Gasteiger partial charge >= 0.3 is 5.82 Å². The second-order valence-electron chi connectivity index (χ2n) is 8.27. The average Bonchev–Trinajstić information content (AvgIpc) is 2.94. The van der Waals surface area contributed by atoms with E-state index in [9.17, 15) is 0 Å². The smallest absolute Gasteiger partial charge is 0.328 e. The van der Waals surface area contributed by atoms with Gasteiger partial charge in [0.05, 0.1) is 0 Å². The van der Waals surface area contributed by atoms with Gasteiger partial charge in [-0.2, -0.15) is 4.57 Å². The van der Waals surface area contributed by atoms with Gasteiger partial charge in [0.2, 0.25) is 0 Å². The molecule has 1 aliphatic carbocycles. The van der Waals surface area contributed by atoms with Crippen LogP contribution in [-0.2, 0) is 25.5 Å². The van der Waals surface area contributed by atoms with Gasteiger partial charge in [-0.25, -0.2) is 5.26 Å². The minimum Gasteiger partial charge on any atom is -0.696 e. The van der Waals surface area contributed by atoms with Crippen molar-refractivity contribution in [1.29, 1.82) is 5.26 Å². The van der Waals surface area contributed by atoms with E-state index in [2.05, 4.69) is 120 Å². The normalized spacial score (nSPS) is 11.3. The molecular weight excluding hydrogens is 446 g/mol. The molecule has 0 spiro atoms. The van der Waals surface area contributed by atoms with E-state index in [0.29, 0.717) is 0 Å². The van der Waals surface area contributed by atoms with Crippen molar-refractivity contribution in [3.05, 3.63) is 127 Å². The molecule has 0 atom stereocenters. The zero-order chi connectivity index (χ0) is 24.0. The van der Waals surface area contributed by atoms with Gasteiger partial charge in [0.25, 0.3) is 0 Å². The number of hydrogen-bond donors (Lipinski definition) is 0. The maximum absolute atomic E-state index is 7.13. The molecule has 0 aliphatic heterocycles. The van der Waals surface area contributed by atoms with E-state index in [4.69, 9.17) is 10.2 Å². The van der Waals surface area contributed by atoms with Crippen molar-refractivity contribution in [1.82, 2.24) is 4.98 Å². The number of benzene rings is 3. The molecular formula is C31H23N3S. The Morgan fingerprint density at radius 2 is 1.34 bits per heavy atom. The van der Waals surface area contributed by atoms with Crippen LogP contribution in [0.15, 0.2) is 115 Å². The highest BCUT2D eigenvalue weighted by atomic mass is 32.1. The first-order valence-corrected chi connectivity index (χ1v) is 12.0. The summed E-state index contributed by atoms with van der Waals surface area (Å²) in [7, 11) is 0. The van der Waals surface area contributed by atoms with Gasteiger partial charge in [0, 0.05) is 22.8 Å². The second-order valence-corrected chi connectivity index (χ2v) is 8.46. The third-order valence-electron chi connectivity index (χ3n) is 6.31. The fourth-order valence-electron chi connectivity index (χ4n) is 4.86. The molecule has 0 bridgehead atoms. The van der Waals surface area contributed by atoms with Crippen LogP contribution in [0.5, 0.6) is 0 Å². The van der Waals surface area contributed by atoms with Crippen LogP contribution in [-0.4, -0.2) is 4.98 Å². The Bertz CT molecular complexity index is 1490. The molecule has 35 heavy (non-hydrogen) atoms. The molecule has 5 aromatic rings. The fraction of sp³-hybridized carbons (Fsp3) is 0.0645. The average molecular weight is 470 g/mol.